The summed E-state index contributed by atoms with van der Waals surface area (Å²) in [6.45, 7) is 4.00. The normalized spacial score (nSPS) is 27.7. The van der Waals surface area contributed by atoms with Crippen molar-refractivity contribution in [2.24, 2.45) is 11.8 Å². The van der Waals surface area contributed by atoms with Crippen molar-refractivity contribution in [3.8, 4) is 0 Å². The first-order valence-electron chi connectivity index (χ1n) is 5.99. The van der Waals surface area contributed by atoms with Gasteiger partial charge in [-0.25, -0.2) is 4.79 Å². The first-order valence-corrected chi connectivity index (χ1v) is 5.99. The van der Waals surface area contributed by atoms with Crippen molar-refractivity contribution in [1.82, 2.24) is 0 Å². The van der Waals surface area contributed by atoms with Gasteiger partial charge in [0.2, 0.25) is 0 Å². The van der Waals surface area contributed by atoms with Gasteiger partial charge < -0.3 is 5.11 Å². The zero-order valence-electron chi connectivity index (χ0n) is 9.83. The van der Waals surface area contributed by atoms with E-state index in [0.29, 0.717) is 5.57 Å². The molecular weight excluding hydrogens is 188 g/mol. The monoisotopic (exact) mass is 210 g/mol. The number of carboxylic acid groups (broad SMARTS) is 1. The van der Waals surface area contributed by atoms with Crippen molar-refractivity contribution in [2.75, 3.05) is 0 Å². The lowest BCUT2D eigenvalue weighted by atomic mass is 9.80. The molecule has 0 aromatic carbocycles. The molecule has 0 amide bonds. The molecule has 86 valence electrons. The van der Waals surface area contributed by atoms with E-state index >= 15 is 0 Å². The number of aliphatic carboxylic acids is 1. The Labute approximate surface area is 92.4 Å². The van der Waals surface area contributed by atoms with Crippen molar-refractivity contribution >= 4 is 5.97 Å². The minimum absolute atomic E-state index is 0.485. The van der Waals surface area contributed by atoms with Crippen molar-refractivity contribution in [3.05, 3.63) is 11.6 Å². The van der Waals surface area contributed by atoms with Gasteiger partial charge in [-0.05, 0) is 38.0 Å². The van der Waals surface area contributed by atoms with Crippen LogP contribution >= 0.6 is 0 Å². The van der Waals surface area contributed by atoms with Crippen molar-refractivity contribution in [2.45, 2.75) is 52.4 Å². The zero-order chi connectivity index (χ0) is 11.3. The van der Waals surface area contributed by atoms with E-state index in [9.17, 15) is 4.79 Å². The SMILES string of the molecule is CC(=CCCC1CCCC(C)C1)C(=O)O. The molecule has 2 nitrogen and oxygen atoms in total. The smallest absolute Gasteiger partial charge is 0.330 e. The number of hydrogen-bond donors (Lipinski definition) is 1. The molecule has 1 aliphatic rings. The highest BCUT2D eigenvalue weighted by Gasteiger charge is 2.17. The van der Waals surface area contributed by atoms with Gasteiger partial charge in [-0.2, -0.15) is 0 Å². The van der Waals surface area contributed by atoms with Crippen molar-refractivity contribution in [3.63, 3.8) is 0 Å². The maximum Gasteiger partial charge on any atom is 0.330 e. The largest absolute Gasteiger partial charge is 0.478 e. The average molecular weight is 210 g/mol. The Morgan fingerprint density at radius 3 is 2.80 bits per heavy atom. The van der Waals surface area contributed by atoms with Crippen LogP contribution in [0.3, 0.4) is 0 Å². The summed E-state index contributed by atoms with van der Waals surface area (Å²) >= 11 is 0. The third-order valence-electron chi connectivity index (χ3n) is 3.41. The minimum Gasteiger partial charge on any atom is -0.478 e. The molecule has 2 atom stereocenters. The van der Waals surface area contributed by atoms with Gasteiger partial charge in [-0.1, -0.05) is 32.3 Å². The number of allylic oxidation sites excluding steroid dienone is 1. The summed E-state index contributed by atoms with van der Waals surface area (Å²) in [5, 5.41) is 8.69. The fraction of sp³-hybridized carbons (Fsp3) is 0.769. The van der Waals surface area contributed by atoms with E-state index in [1.807, 2.05) is 6.08 Å². The van der Waals surface area contributed by atoms with E-state index in [4.69, 9.17) is 5.11 Å². The number of hydrogen-bond acceptors (Lipinski definition) is 1. The third kappa shape index (κ3) is 4.50. The summed E-state index contributed by atoms with van der Waals surface area (Å²) in [6, 6.07) is 0. The molecule has 1 N–H and O–H groups in total. The summed E-state index contributed by atoms with van der Waals surface area (Å²) in [5.41, 5.74) is 0.485. The molecule has 0 spiro atoms. The summed E-state index contributed by atoms with van der Waals surface area (Å²) in [4.78, 5) is 10.6. The fourth-order valence-corrected chi connectivity index (χ4v) is 2.44. The molecule has 1 saturated carbocycles. The molecule has 0 saturated heterocycles. The molecule has 0 radical (unpaired) electrons. The molecule has 0 bridgehead atoms. The molecule has 1 rings (SSSR count). The Balaban J connectivity index is 2.25. The summed E-state index contributed by atoms with van der Waals surface area (Å²) < 4.78 is 0. The van der Waals surface area contributed by atoms with Crippen LogP contribution in [-0.4, -0.2) is 11.1 Å². The van der Waals surface area contributed by atoms with Crippen LogP contribution < -0.4 is 0 Å². The molecule has 2 heteroatoms. The molecule has 2 unspecified atom stereocenters. The third-order valence-corrected chi connectivity index (χ3v) is 3.41. The molecule has 0 aromatic rings. The van der Waals surface area contributed by atoms with E-state index in [1.165, 1.54) is 25.7 Å². The van der Waals surface area contributed by atoms with Gasteiger partial charge in [0.1, 0.15) is 0 Å². The number of carbonyl (C=O) groups is 1. The van der Waals surface area contributed by atoms with E-state index in [0.717, 1.165) is 24.7 Å². The van der Waals surface area contributed by atoms with E-state index < -0.39 is 5.97 Å². The Bertz CT molecular complexity index is 243. The highest BCUT2D eigenvalue weighted by molar-refractivity contribution is 5.85. The lowest BCUT2D eigenvalue weighted by Crippen LogP contribution is -2.12. The predicted molar refractivity (Wildman–Crippen MR) is 61.7 cm³/mol. The zero-order valence-corrected chi connectivity index (χ0v) is 9.83. The van der Waals surface area contributed by atoms with Crippen LogP contribution in [0.1, 0.15) is 52.4 Å². The Morgan fingerprint density at radius 2 is 2.20 bits per heavy atom. The van der Waals surface area contributed by atoms with Crippen molar-refractivity contribution in [1.29, 1.82) is 0 Å². The molecule has 1 aliphatic carbocycles. The van der Waals surface area contributed by atoms with Gasteiger partial charge in [0.05, 0.1) is 0 Å². The second kappa shape index (κ2) is 5.94. The first kappa shape index (κ1) is 12.3. The van der Waals surface area contributed by atoms with Crippen LogP contribution in [0.5, 0.6) is 0 Å². The van der Waals surface area contributed by atoms with Crippen LogP contribution in [0.4, 0.5) is 0 Å². The maximum atomic E-state index is 10.6. The molecular formula is C13H22O2. The maximum absolute atomic E-state index is 10.6. The van der Waals surface area contributed by atoms with Crippen LogP contribution in [0.25, 0.3) is 0 Å². The minimum atomic E-state index is -0.785. The van der Waals surface area contributed by atoms with E-state index in [-0.39, 0.29) is 0 Å². The first-order chi connectivity index (χ1) is 7.09. The van der Waals surface area contributed by atoms with Crippen LogP contribution in [0.15, 0.2) is 11.6 Å². The average Bonchev–Trinajstić information content (AvgIpc) is 2.17. The molecule has 0 aliphatic heterocycles. The highest BCUT2D eigenvalue weighted by atomic mass is 16.4. The topological polar surface area (TPSA) is 37.3 Å². The molecule has 0 heterocycles. The summed E-state index contributed by atoms with van der Waals surface area (Å²) in [7, 11) is 0. The van der Waals surface area contributed by atoms with Gasteiger partial charge in [0, 0.05) is 5.57 Å². The van der Waals surface area contributed by atoms with Crippen LogP contribution in [0.2, 0.25) is 0 Å². The Kier molecular flexibility index (Phi) is 4.86. The van der Waals surface area contributed by atoms with Crippen LogP contribution in [-0.2, 0) is 4.79 Å². The quantitative estimate of drug-likeness (QED) is 0.719. The highest BCUT2D eigenvalue weighted by Crippen LogP contribution is 2.31. The standard InChI is InChI=1S/C13H22O2/c1-10-5-3-7-12(9-10)8-4-6-11(2)13(14)15/h6,10,12H,3-5,7-9H2,1-2H3,(H,14,15). The lowest BCUT2D eigenvalue weighted by molar-refractivity contribution is -0.132. The van der Waals surface area contributed by atoms with E-state index in [1.54, 1.807) is 6.92 Å². The van der Waals surface area contributed by atoms with Crippen molar-refractivity contribution < 1.29 is 9.90 Å². The molecule has 1 fully saturated rings. The van der Waals surface area contributed by atoms with Gasteiger partial charge >= 0.3 is 5.97 Å². The van der Waals surface area contributed by atoms with Gasteiger partial charge in [0.25, 0.3) is 0 Å². The van der Waals surface area contributed by atoms with E-state index in [2.05, 4.69) is 6.92 Å². The Morgan fingerprint density at radius 1 is 1.47 bits per heavy atom. The van der Waals surface area contributed by atoms with Gasteiger partial charge in [-0.3, -0.25) is 0 Å². The Hall–Kier alpha value is -0.790. The summed E-state index contributed by atoms with van der Waals surface area (Å²) in [6.07, 6.45) is 9.35. The predicted octanol–water partition coefficient (Wildman–Crippen LogP) is 3.62. The molecule has 15 heavy (non-hydrogen) atoms. The van der Waals surface area contributed by atoms with Crippen LogP contribution in [0, 0.1) is 11.8 Å². The van der Waals surface area contributed by atoms with Gasteiger partial charge in [-0.15, -0.1) is 0 Å². The number of rotatable bonds is 4. The lowest BCUT2D eigenvalue weighted by Gasteiger charge is -2.26. The van der Waals surface area contributed by atoms with Gasteiger partial charge in [0.15, 0.2) is 0 Å². The molecule has 0 aromatic heterocycles. The second-order valence-electron chi connectivity index (χ2n) is 4.91. The second-order valence-corrected chi connectivity index (χ2v) is 4.91. The number of carboxylic acids is 1. The summed E-state index contributed by atoms with van der Waals surface area (Å²) in [5.74, 6) is 0.909. The fourth-order valence-electron chi connectivity index (χ4n) is 2.44.